The van der Waals surface area contributed by atoms with Gasteiger partial charge in [0.1, 0.15) is 0 Å². The van der Waals surface area contributed by atoms with E-state index < -0.39 is 23.4 Å². The fourth-order valence-corrected chi connectivity index (χ4v) is 2.61. The Morgan fingerprint density at radius 1 is 1.37 bits per heavy atom. The standard InChI is InChI=1S/C12H16ClF3N2O/c1-2-9(13)10-17-11(19-18-10)7-5-3-4-6-8(7)12(14,15)16/h7-9H,2-6H2,1H3. The van der Waals surface area contributed by atoms with E-state index in [0.29, 0.717) is 19.3 Å². The molecule has 0 N–H and O–H groups in total. The molecule has 3 nitrogen and oxygen atoms in total. The number of aromatic nitrogens is 2. The highest BCUT2D eigenvalue weighted by Crippen LogP contribution is 2.46. The summed E-state index contributed by atoms with van der Waals surface area (Å²) < 4.78 is 44.0. The van der Waals surface area contributed by atoms with Gasteiger partial charge in [-0.05, 0) is 19.3 Å². The molecule has 0 spiro atoms. The second kappa shape index (κ2) is 5.69. The summed E-state index contributed by atoms with van der Waals surface area (Å²) in [6.07, 6.45) is -1.70. The van der Waals surface area contributed by atoms with E-state index in [1.165, 1.54) is 0 Å². The normalized spacial score (nSPS) is 26.4. The minimum Gasteiger partial charge on any atom is -0.339 e. The molecule has 0 bridgehead atoms. The summed E-state index contributed by atoms with van der Waals surface area (Å²) >= 11 is 5.96. The largest absolute Gasteiger partial charge is 0.392 e. The van der Waals surface area contributed by atoms with Crippen LogP contribution in [-0.2, 0) is 0 Å². The van der Waals surface area contributed by atoms with Gasteiger partial charge in [-0.15, -0.1) is 11.6 Å². The molecular formula is C12H16ClF3N2O. The van der Waals surface area contributed by atoms with Gasteiger partial charge in [0, 0.05) is 5.92 Å². The van der Waals surface area contributed by atoms with Crippen LogP contribution in [0.3, 0.4) is 0 Å². The van der Waals surface area contributed by atoms with Gasteiger partial charge in [0.25, 0.3) is 0 Å². The van der Waals surface area contributed by atoms with Crippen molar-refractivity contribution in [2.75, 3.05) is 0 Å². The zero-order chi connectivity index (χ0) is 14.0. The van der Waals surface area contributed by atoms with Gasteiger partial charge < -0.3 is 4.52 Å². The second-order valence-corrected chi connectivity index (χ2v) is 5.43. The molecule has 1 aliphatic rings. The molecule has 7 heteroatoms. The van der Waals surface area contributed by atoms with Crippen LogP contribution in [0.5, 0.6) is 0 Å². The van der Waals surface area contributed by atoms with Gasteiger partial charge in [-0.2, -0.15) is 18.2 Å². The molecular weight excluding hydrogens is 281 g/mol. The Morgan fingerprint density at radius 3 is 2.68 bits per heavy atom. The summed E-state index contributed by atoms with van der Waals surface area (Å²) in [7, 11) is 0. The van der Waals surface area contributed by atoms with Crippen LogP contribution in [0.4, 0.5) is 13.2 Å². The van der Waals surface area contributed by atoms with E-state index in [4.69, 9.17) is 16.1 Å². The molecule has 3 unspecified atom stereocenters. The molecule has 2 rings (SSSR count). The van der Waals surface area contributed by atoms with Gasteiger partial charge in [0.15, 0.2) is 5.82 Å². The topological polar surface area (TPSA) is 38.9 Å². The zero-order valence-corrected chi connectivity index (χ0v) is 11.3. The average Bonchev–Trinajstić information content (AvgIpc) is 2.86. The molecule has 108 valence electrons. The van der Waals surface area contributed by atoms with E-state index in [9.17, 15) is 13.2 Å². The summed E-state index contributed by atoms with van der Waals surface area (Å²) in [5.41, 5.74) is 0. The van der Waals surface area contributed by atoms with Crippen molar-refractivity contribution in [2.45, 2.75) is 56.5 Å². The van der Waals surface area contributed by atoms with Crippen molar-refractivity contribution in [2.24, 2.45) is 5.92 Å². The molecule has 1 fully saturated rings. The van der Waals surface area contributed by atoms with Crippen LogP contribution in [0.25, 0.3) is 0 Å². The molecule has 1 saturated carbocycles. The molecule has 0 radical (unpaired) electrons. The quantitative estimate of drug-likeness (QED) is 0.765. The van der Waals surface area contributed by atoms with Crippen molar-refractivity contribution < 1.29 is 17.7 Å². The summed E-state index contributed by atoms with van der Waals surface area (Å²) in [6, 6.07) is 0. The molecule has 0 aliphatic heterocycles. The molecule has 1 aromatic heterocycles. The number of alkyl halides is 4. The van der Waals surface area contributed by atoms with Crippen LogP contribution in [0.2, 0.25) is 0 Å². The van der Waals surface area contributed by atoms with Gasteiger partial charge in [-0.3, -0.25) is 0 Å². The highest BCUT2D eigenvalue weighted by Gasteiger charge is 2.47. The Bertz CT molecular complexity index is 421. The first kappa shape index (κ1) is 14.6. The SMILES string of the molecule is CCC(Cl)c1noc(C2CCCCC2C(F)(F)F)n1. The first-order chi connectivity index (χ1) is 8.93. The molecule has 3 atom stereocenters. The van der Waals surface area contributed by atoms with Crippen LogP contribution in [0.15, 0.2) is 4.52 Å². The maximum Gasteiger partial charge on any atom is 0.392 e. The van der Waals surface area contributed by atoms with Crippen LogP contribution in [-0.4, -0.2) is 16.3 Å². The van der Waals surface area contributed by atoms with Crippen molar-refractivity contribution in [1.82, 2.24) is 10.1 Å². The van der Waals surface area contributed by atoms with E-state index >= 15 is 0 Å². The van der Waals surface area contributed by atoms with E-state index in [2.05, 4.69) is 10.1 Å². The molecule has 1 aromatic rings. The number of hydrogen-bond acceptors (Lipinski definition) is 3. The van der Waals surface area contributed by atoms with Gasteiger partial charge in [-0.25, -0.2) is 0 Å². The van der Waals surface area contributed by atoms with E-state index in [1.54, 1.807) is 0 Å². The third kappa shape index (κ3) is 3.22. The van der Waals surface area contributed by atoms with E-state index in [1.807, 2.05) is 6.92 Å². The summed E-state index contributed by atoms with van der Waals surface area (Å²) in [5, 5.41) is 3.28. The van der Waals surface area contributed by atoms with Gasteiger partial charge >= 0.3 is 6.18 Å². The van der Waals surface area contributed by atoms with Crippen LogP contribution < -0.4 is 0 Å². The number of nitrogens with zero attached hydrogens (tertiary/aromatic N) is 2. The van der Waals surface area contributed by atoms with Crippen molar-refractivity contribution in [3.05, 3.63) is 11.7 Å². The van der Waals surface area contributed by atoms with Gasteiger partial charge in [-0.1, -0.05) is 24.9 Å². The molecule has 0 aromatic carbocycles. The predicted octanol–water partition coefficient (Wildman–Crippen LogP) is 4.60. The average molecular weight is 297 g/mol. The number of rotatable bonds is 3. The Morgan fingerprint density at radius 2 is 2.05 bits per heavy atom. The minimum absolute atomic E-state index is 0.0797. The van der Waals surface area contributed by atoms with Crippen molar-refractivity contribution in [3.8, 4) is 0 Å². The summed E-state index contributed by atoms with van der Waals surface area (Å²) in [4.78, 5) is 4.06. The van der Waals surface area contributed by atoms with Crippen molar-refractivity contribution >= 4 is 11.6 Å². The molecule has 0 amide bonds. The number of halogens is 4. The second-order valence-electron chi connectivity index (χ2n) is 4.91. The summed E-state index contributed by atoms with van der Waals surface area (Å²) in [6.45, 7) is 1.85. The minimum atomic E-state index is -4.22. The Labute approximate surface area is 114 Å². The van der Waals surface area contributed by atoms with Crippen molar-refractivity contribution in [1.29, 1.82) is 0 Å². The van der Waals surface area contributed by atoms with E-state index in [-0.39, 0.29) is 18.1 Å². The Hall–Kier alpha value is -0.780. The lowest BCUT2D eigenvalue weighted by molar-refractivity contribution is -0.189. The van der Waals surface area contributed by atoms with Crippen LogP contribution >= 0.6 is 11.6 Å². The van der Waals surface area contributed by atoms with Gasteiger partial charge in [0.05, 0.1) is 11.3 Å². The molecule has 19 heavy (non-hydrogen) atoms. The lowest BCUT2D eigenvalue weighted by Gasteiger charge is -2.30. The molecule has 1 heterocycles. The fourth-order valence-electron chi connectivity index (χ4n) is 2.53. The Balaban J connectivity index is 2.20. The fraction of sp³-hybridized carbons (Fsp3) is 0.833. The zero-order valence-electron chi connectivity index (χ0n) is 10.6. The lowest BCUT2D eigenvalue weighted by Crippen LogP contribution is -2.31. The van der Waals surface area contributed by atoms with Crippen molar-refractivity contribution in [3.63, 3.8) is 0 Å². The maximum atomic E-state index is 13.0. The lowest BCUT2D eigenvalue weighted by atomic mass is 9.78. The first-order valence-corrected chi connectivity index (χ1v) is 6.91. The highest BCUT2D eigenvalue weighted by molar-refractivity contribution is 6.20. The predicted molar refractivity (Wildman–Crippen MR) is 63.9 cm³/mol. The maximum absolute atomic E-state index is 13.0. The smallest absolute Gasteiger partial charge is 0.339 e. The van der Waals surface area contributed by atoms with Crippen LogP contribution in [0, 0.1) is 5.92 Å². The first-order valence-electron chi connectivity index (χ1n) is 6.47. The summed E-state index contributed by atoms with van der Waals surface area (Å²) in [5.74, 6) is -1.75. The van der Waals surface area contributed by atoms with Crippen LogP contribution in [0.1, 0.15) is 62.0 Å². The highest BCUT2D eigenvalue weighted by atomic mass is 35.5. The monoisotopic (exact) mass is 296 g/mol. The van der Waals surface area contributed by atoms with Gasteiger partial charge in [0.2, 0.25) is 5.89 Å². The third-order valence-corrected chi connectivity index (χ3v) is 4.10. The third-order valence-electron chi connectivity index (χ3n) is 3.60. The van der Waals surface area contributed by atoms with E-state index in [0.717, 1.165) is 6.42 Å². The Kier molecular flexibility index (Phi) is 4.38. The molecule has 0 saturated heterocycles. The number of hydrogen-bond donors (Lipinski definition) is 0. The molecule has 1 aliphatic carbocycles.